The average molecular weight is 255 g/mol. The number of hydrogen-bond donors (Lipinski definition) is 1. The fraction of sp³-hybridized carbons (Fsp3) is 0.571. The summed E-state index contributed by atoms with van der Waals surface area (Å²) in [6.45, 7) is 4.78. The Morgan fingerprint density at radius 2 is 2.22 bits per heavy atom. The van der Waals surface area contributed by atoms with Gasteiger partial charge in [-0.1, -0.05) is 13.0 Å². The number of rotatable bonds is 3. The molecule has 1 aromatic rings. The summed E-state index contributed by atoms with van der Waals surface area (Å²) in [5, 5.41) is 3.08. The van der Waals surface area contributed by atoms with Gasteiger partial charge in [0.2, 0.25) is 0 Å². The van der Waals surface area contributed by atoms with E-state index < -0.39 is 11.6 Å². The van der Waals surface area contributed by atoms with Crippen molar-refractivity contribution in [3.05, 3.63) is 29.8 Å². The minimum Gasteiger partial charge on any atom is -0.380 e. The van der Waals surface area contributed by atoms with Crippen LogP contribution in [0.1, 0.15) is 33.1 Å². The van der Waals surface area contributed by atoms with Crippen molar-refractivity contribution in [2.75, 3.05) is 11.9 Å². The standard InChI is InChI=1S/C14H19F2NO/c1-3-14(2)9-10(7-8-18-14)17-12-6-4-5-11(15)13(12)16/h4-6,10,17H,3,7-9H2,1-2H3. The number of halogens is 2. The van der Waals surface area contributed by atoms with Crippen LogP contribution in [0.15, 0.2) is 18.2 Å². The highest BCUT2D eigenvalue weighted by Gasteiger charge is 2.31. The monoisotopic (exact) mass is 255 g/mol. The Kier molecular flexibility index (Phi) is 3.85. The van der Waals surface area contributed by atoms with Crippen molar-refractivity contribution in [1.82, 2.24) is 0 Å². The Bertz CT molecular complexity index is 424. The van der Waals surface area contributed by atoms with Crippen molar-refractivity contribution in [3.8, 4) is 0 Å². The van der Waals surface area contributed by atoms with Crippen LogP contribution in [0.2, 0.25) is 0 Å². The lowest BCUT2D eigenvalue weighted by Crippen LogP contribution is -2.42. The number of anilines is 1. The van der Waals surface area contributed by atoms with E-state index in [9.17, 15) is 8.78 Å². The van der Waals surface area contributed by atoms with Crippen molar-refractivity contribution in [2.45, 2.75) is 44.8 Å². The van der Waals surface area contributed by atoms with Crippen LogP contribution in [0.4, 0.5) is 14.5 Å². The summed E-state index contributed by atoms with van der Waals surface area (Å²) in [5.41, 5.74) is 0.0695. The second kappa shape index (κ2) is 5.22. The van der Waals surface area contributed by atoms with Crippen LogP contribution in [0.25, 0.3) is 0 Å². The van der Waals surface area contributed by atoms with Crippen LogP contribution in [0.5, 0.6) is 0 Å². The molecule has 1 heterocycles. The maximum absolute atomic E-state index is 13.6. The predicted octanol–water partition coefficient (Wildman–Crippen LogP) is 3.72. The zero-order chi connectivity index (χ0) is 13.2. The molecular weight excluding hydrogens is 236 g/mol. The van der Waals surface area contributed by atoms with Crippen molar-refractivity contribution in [2.24, 2.45) is 0 Å². The number of nitrogens with one attached hydrogen (secondary N) is 1. The molecule has 0 amide bonds. The van der Waals surface area contributed by atoms with Crippen molar-refractivity contribution in [1.29, 1.82) is 0 Å². The normalized spacial score (nSPS) is 28.1. The van der Waals surface area contributed by atoms with Gasteiger partial charge in [0.05, 0.1) is 11.3 Å². The van der Waals surface area contributed by atoms with E-state index in [1.165, 1.54) is 6.07 Å². The molecule has 2 rings (SSSR count). The zero-order valence-corrected chi connectivity index (χ0v) is 10.8. The van der Waals surface area contributed by atoms with E-state index in [0.29, 0.717) is 6.61 Å². The molecule has 1 fully saturated rings. The number of ether oxygens (including phenoxy) is 1. The van der Waals surface area contributed by atoms with Gasteiger partial charge >= 0.3 is 0 Å². The smallest absolute Gasteiger partial charge is 0.181 e. The van der Waals surface area contributed by atoms with Gasteiger partial charge < -0.3 is 10.1 Å². The molecule has 2 atom stereocenters. The molecule has 1 N–H and O–H groups in total. The first-order valence-electron chi connectivity index (χ1n) is 6.38. The third-order valence-corrected chi connectivity index (χ3v) is 3.65. The van der Waals surface area contributed by atoms with Gasteiger partial charge in [-0.2, -0.15) is 0 Å². The lowest BCUT2D eigenvalue weighted by molar-refractivity contribution is -0.0709. The molecule has 1 aromatic carbocycles. The van der Waals surface area contributed by atoms with Crippen LogP contribution in [-0.4, -0.2) is 18.2 Å². The minimum atomic E-state index is -0.815. The molecule has 1 saturated heterocycles. The molecule has 2 nitrogen and oxygen atoms in total. The molecule has 0 aromatic heterocycles. The summed E-state index contributed by atoms with van der Waals surface area (Å²) < 4.78 is 32.4. The van der Waals surface area contributed by atoms with Crippen LogP contribution in [0, 0.1) is 11.6 Å². The molecule has 100 valence electrons. The van der Waals surface area contributed by atoms with Gasteiger partial charge in [-0.25, -0.2) is 8.78 Å². The van der Waals surface area contributed by atoms with E-state index >= 15 is 0 Å². The fourth-order valence-electron chi connectivity index (χ4n) is 2.33. The Balaban J connectivity index is 2.07. The average Bonchev–Trinajstić information content (AvgIpc) is 2.35. The molecular formula is C14H19F2NO. The Labute approximate surface area is 106 Å². The summed E-state index contributed by atoms with van der Waals surface area (Å²) in [5.74, 6) is -1.62. The predicted molar refractivity (Wildman–Crippen MR) is 67.7 cm³/mol. The van der Waals surface area contributed by atoms with E-state index in [-0.39, 0.29) is 17.3 Å². The van der Waals surface area contributed by atoms with E-state index in [0.717, 1.165) is 25.3 Å². The SMILES string of the molecule is CCC1(C)CC(Nc2cccc(F)c2F)CCO1. The lowest BCUT2D eigenvalue weighted by Gasteiger charge is -2.38. The molecule has 1 aliphatic rings. The third kappa shape index (κ3) is 2.80. The first-order valence-corrected chi connectivity index (χ1v) is 6.38. The molecule has 0 spiro atoms. The van der Waals surface area contributed by atoms with Crippen LogP contribution in [-0.2, 0) is 4.74 Å². The lowest BCUT2D eigenvalue weighted by atomic mass is 9.90. The summed E-state index contributed by atoms with van der Waals surface area (Å²) >= 11 is 0. The van der Waals surface area contributed by atoms with Crippen LogP contribution >= 0.6 is 0 Å². The van der Waals surface area contributed by atoms with Gasteiger partial charge in [0.15, 0.2) is 11.6 Å². The summed E-state index contributed by atoms with van der Waals surface area (Å²) in [6, 6.07) is 4.33. The molecule has 2 unspecified atom stereocenters. The molecule has 0 saturated carbocycles. The molecule has 0 radical (unpaired) electrons. The van der Waals surface area contributed by atoms with Gasteiger partial charge in [0, 0.05) is 12.6 Å². The highest BCUT2D eigenvalue weighted by atomic mass is 19.2. The molecule has 0 aliphatic carbocycles. The summed E-state index contributed by atoms with van der Waals surface area (Å²) in [6.07, 6.45) is 2.53. The van der Waals surface area contributed by atoms with Gasteiger partial charge in [0.25, 0.3) is 0 Å². The van der Waals surface area contributed by atoms with Crippen LogP contribution in [0.3, 0.4) is 0 Å². The maximum atomic E-state index is 13.6. The van der Waals surface area contributed by atoms with Gasteiger partial charge in [-0.05, 0) is 38.3 Å². The Morgan fingerprint density at radius 3 is 2.94 bits per heavy atom. The maximum Gasteiger partial charge on any atom is 0.181 e. The van der Waals surface area contributed by atoms with E-state index in [1.807, 2.05) is 0 Å². The topological polar surface area (TPSA) is 21.3 Å². The van der Waals surface area contributed by atoms with E-state index in [1.54, 1.807) is 6.07 Å². The Morgan fingerprint density at radius 1 is 1.44 bits per heavy atom. The van der Waals surface area contributed by atoms with Crippen LogP contribution < -0.4 is 5.32 Å². The Hall–Kier alpha value is -1.16. The summed E-state index contributed by atoms with van der Waals surface area (Å²) in [4.78, 5) is 0. The van der Waals surface area contributed by atoms with Gasteiger partial charge in [-0.15, -0.1) is 0 Å². The molecule has 4 heteroatoms. The highest BCUT2D eigenvalue weighted by molar-refractivity contribution is 5.45. The zero-order valence-electron chi connectivity index (χ0n) is 10.8. The molecule has 0 bridgehead atoms. The number of benzene rings is 1. The third-order valence-electron chi connectivity index (χ3n) is 3.65. The number of hydrogen-bond acceptors (Lipinski definition) is 2. The molecule has 1 aliphatic heterocycles. The van der Waals surface area contributed by atoms with E-state index in [2.05, 4.69) is 19.2 Å². The molecule has 18 heavy (non-hydrogen) atoms. The minimum absolute atomic E-state index is 0.125. The first kappa shape index (κ1) is 13.3. The summed E-state index contributed by atoms with van der Waals surface area (Å²) in [7, 11) is 0. The second-order valence-electron chi connectivity index (χ2n) is 5.09. The van der Waals surface area contributed by atoms with Gasteiger partial charge in [-0.3, -0.25) is 0 Å². The second-order valence-corrected chi connectivity index (χ2v) is 5.09. The van der Waals surface area contributed by atoms with Crippen molar-refractivity contribution in [3.63, 3.8) is 0 Å². The van der Waals surface area contributed by atoms with Crippen molar-refractivity contribution < 1.29 is 13.5 Å². The quantitative estimate of drug-likeness (QED) is 0.888. The first-order chi connectivity index (χ1) is 8.54. The van der Waals surface area contributed by atoms with E-state index in [4.69, 9.17) is 4.74 Å². The van der Waals surface area contributed by atoms with Gasteiger partial charge in [0.1, 0.15) is 0 Å². The van der Waals surface area contributed by atoms with Crippen molar-refractivity contribution >= 4 is 5.69 Å². The highest BCUT2D eigenvalue weighted by Crippen LogP contribution is 2.30. The fourth-order valence-corrected chi connectivity index (χ4v) is 2.33. The largest absolute Gasteiger partial charge is 0.380 e.